The summed E-state index contributed by atoms with van der Waals surface area (Å²) in [4.78, 5) is 16.6. The molecule has 0 fully saturated rings. The zero-order chi connectivity index (χ0) is 16.3. The van der Waals surface area contributed by atoms with Crippen LogP contribution in [-0.4, -0.2) is 25.3 Å². The summed E-state index contributed by atoms with van der Waals surface area (Å²) in [5.41, 5.74) is 2.19. The summed E-state index contributed by atoms with van der Waals surface area (Å²) < 4.78 is 1.01. The summed E-state index contributed by atoms with van der Waals surface area (Å²) in [6.45, 7) is 0.561. The number of amides is 1. The van der Waals surface area contributed by atoms with Gasteiger partial charge in [-0.05, 0) is 36.1 Å². The van der Waals surface area contributed by atoms with E-state index in [2.05, 4.69) is 38.5 Å². The molecule has 0 saturated heterocycles. The SMILES string of the molecule is O=C(CO/N=C\c1ccc(Br)cc1)NCCCc1ccccc1. The van der Waals surface area contributed by atoms with Gasteiger partial charge in [-0.3, -0.25) is 4.79 Å². The molecule has 1 N–H and O–H groups in total. The summed E-state index contributed by atoms with van der Waals surface area (Å²) in [6, 6.07) is 17.8. The molecule has 4 nitrogen and oxygen atoms in total. The highest BCUT2D eigenvalue weighted by atomic mass is 79.9. The second kappa shape index (κ2) is 9.79. The molecular weight excluding hydrogens is 356 g/mol. The number of hydrogen-bond acceptors (Lipinski definition) is 3. The highest BCUT2D eigenvalue weighted by Crippen LogP contribution is 2.09. The van der Waals surface area contributed by atoms with Crippen LogP contribution in [0.3, 0.4) is 0 Å². The van der Waals surface area contributed by atoms with Crippen LogP contribution in [0.15, 0.2) is 64.2 Å². The number of carbonyl (C=O) groups excluding carboxylic acids is 1. The zero-order valence-electron chi connectivity index (χ0n) is 12.7. The molecule has 0 aliphatic carbocycles. The summed E-state index contributed by atoms with van der Waals surface area (Å²) in [7, 11) is 0. The molecular formula is C18H19BrN2O2. The van der Waals surface area contributed by atoms with Crippen LogP contribution in [0.25, 0.3) is 0 Å². The summed E-state index contributed by atoms with van der Waals surface area (Å²) >= 11 is 3.36. The zero-order valence-corrected chi connectivity index (χ0v) is 14.3. The van der Waals surface area contributed by atoms with Gasteiger partial charge >= 0.3 is 0 Å². The molecule has 2 rings (SSSR count). The van der Waals surface area contributed by atoms with E-state index < -0.39 is 0 Å². The molecule has 5 heteroatoms. The highest BCUT2D eigenvalue weighted by Gasteiger charge is 2.00. The van der Waals surface area contributed by atoms with E-state index in [1.54, 1.807) is 6.21 Å². The van der Waals surface area contributed by atoms with Gasteiger partial charge in [-0.15, -0.1) is 0 Å². The smallest absolute Gasteiger partial charge is 0.260 e. The summed E-state index contributed by atoms with van der Waals surface area (Å²) in [5.74, 6) is -0.161. The molecule has 0 unspecified atom stereocenters. The van der Waals surface area contributed by atoms with Crippen molar-refractivity contribution in [3.8, 4) is 0 Å². The number of benzene rings is 2. The van der Waals surface area contributed by atoms with Gasteiger partial charge in [0.2, 0.25) is 0 Å². The predicted octanol–water partition coefficient (Wildman–Crippen LogP) is 3.55. The minimum Gasteiger partial charge on any atom is -0.386 e. The first-order valence-electron chi connectivity index (χ1n) is 7.45. The first-order chi connectivity index (χ1) is 11.2. The topological polar surface area (TPSA) is 50.7 Å². The van der Waals surface area contributed by atoms with Gasteiger partial charge in [-0.25, -0.2) is 0 Å². The standard InChI is InChI=1S/C18H19BrN2O2/c19-17-10-8-16(9-11-17)13-21-23-14-18(22)20-12-4-7-15-5-2-1-3-6-15/h1-3,5-6,8-11,13H,4,7,12,14H2,(H,20,22)/b21-13-. The largest absolute Gasteiger partial charge is 0.386 e. The Labute approximate surface area is 144 Å². The van der Waals surface area contributed by atoms with Gasteiger partial charge in [0.05, 0.1) is 6.21 Å². The molecule has 0 spiro atoms. The Morgan fingerprint density at radius 1 is 1.13 bits per heavy atom. The second-order valence-corrected chi connectivity index (χ2v) is 5.91. The van der Waals surface area contributed by atoms with Crippen molar-refractivity contribution in [3.63, 3.8) is 0 Å². The summed E-state index contributed by atoms with van der Waals surface area (Å²) in [5, 5.41) is 6.60. The van der Waals surface area contributed by atoms with Crippen molar-refractivity contribution >= 4 is 28.1 Å². The fraction of sp³-hybridized carbons (Fsp3) is 0.222. The second-order valence-electron chi connectivity index (χ2n) is 5.00. The Bertz CT molecular complexity index is 627. The molecule has 120 valence electrons. The maximum absolute atomic E-state index is 11.6. The van der Waals surface area contributed by atoms with Crippen LogP contribution in [0.4, 0.5) is 0 Å². The molecule has 2 aromatic rings. The minimum absolute atomic E-state index is 0.0711. The molecule has 1 amide bonds. The quantitative estimate of drug-likeness (QED) is 0.436. The van der Waals surface area contributed by atoms with E-state index in [-0.39, 0.29) is 12.5 Å². The molecule has 0 heterocycles. The van der Waals surface area contributed by atoms with Gasteiger partial charge in [0, 0.05) is 11.0 Å². The van der Waals surface area contributed by atoms with E-state index in [1.807, 2.05) is 42.5 Å². The maximum Gasteiger partial charge on any atom is 0.260 e. The van der Waals surface area contributed by atoms with Gasteiger partial charge in [-0.1, -0.05) is 63.6 Å². The lowest BCUT2D eigenvalue weighted by Crippen LogP contribution is -2.28. The fourth-order valence-corrected chi connectivity index (χ4v) is 2.22. The van der Waals surface area contributed by atoms with Crippen molar-refractivity contribution < 1.29 is 9.63 Å². The Morgan fingerprint density at radius 2 is 1.87 bits per heavy atom. The molecule has 0 bridgehead atoms. The number of aryl methyl sites for hydroxylation is 1. The maximum atomic E-state index is 11.6. The van der Waals surface area contributed by atoms with Crippen molar-refractivity contribution in [1.29, 1.82) is 0 Å². The third-order valence-electron chi connectivity index (χ3n) is 3.15. The average Bonchev–Trinajstić information content (AvgIpc) is 2.58. The predicted molar refractivity (Wildman–Crippen MR) is 95.5 cm³/mol. The Hall–Kier alpha value is -2.14. The van der Waals surface area contributed by atoms with E-state index in [0.29, 0.717) is 6.54 Å². The molecule has 0 radical (unpaired) electrons. The molecule has 0 aromatic heterocycles. The van der Waals surface area contributed by atoms with Gasteiger partial charge in [0.15, 0.2) is 6.61 Å². The minimum atomic E-state index is -0.161. The van der Waals surface area contributed by atoms with E-state index >= 15 is 0 Å². The lowest BCUT2D eigenvalue weighted by molar-refractivity contribution is -0.125. The van der Waals surface area contributed by atoms with Crippen LogP contribution in [0.2, 0.25) is 0 Å². The molecule has 0 atom stereocenters. The molecule has 2 aromatic carbocycles. The number of nitrogens with zero attached hydrogens (tertiary/aromatic N) is 1. The van der Waals surface area contributed by atoms with Crippen molar-refractivity contribution in [2.45, 2.75) is 12.8 Å². The molecule has 0 aliphatic heterocycles. The monoisotopic (exact) mass is 374 g/mol. The van der Waals surface area contributed by atoms with E-state index in [4.69, 9.17) is 4.84 Å². The van der Waals surface area contributed by atoms with E-state index in [1.165, 1.54) is 5.56 Å². The number of nitrogens with one attached hydrogen (secondary N) is 1. The Morgan fingerprint density at radius 3 is 2.61 bits per heavy atom. The number of halogens is 1. The van der Waals surface area contributed by atoms with Gasteiger partial charge in [0.25, 0.3) is 5.91 Å². The lowest BCUT2D eigenvalue weighted by atomic mass is 10.1. The van der Waals surface area contributed by atoms with Crippen LogP contribution in [-0.2, 0) is 16.1 Å². The Balaban J connectivity index is 1.57. The molecule has 0 aliphatic rings. The first kappa shape index (κ1) is 17.2. The van der Waals surface area contributed by atoms with Crippen LogP contribution in [0, 0.1) is 0 Å². The van der Waals surface area contributed by atoms with Crippen molar-refractivity contribution in [3.05, 3.63) is 70.2 Å². The van der Waals surface area contributed by atoms with Gasteiger partial charge < -0.3 is 10.2 Å². The van der Waals surface area contributed by atoms with Crippen molar-refractivity contribution in [2.75, 3.05) is 13.2 Å². The number of hydrogen-bond donors (Lipinski definition) is 1. The van der Waals surface area contributed by atoms with Crippen molar-refractivity contribution in [2.24, 2.45) is 5.16 Å². The van der Waals surface area contributed by atoms with Crippen LogP contribution < -0.4 is 5.32 Å². The summed E-state index contributed by atoms with van der Waals surface area (Å²) in [6.07, 6.45) is 3.43. The number of rotatable bonds is 8. The number of oxime groups is 1. The highest BCUT2D eigenvalue weighted by molar-refractivity contribution is 9.10. The lowest BCUT2D eigenvalue weighted by Gasteiger charge is -2.04. The fourth-order valence-electron chi connectivity index (χ4n) is 1.96. The molecule has 0 saturated carbocycles. The van der Waals surface area contributed by atoms with E-state index in [9.17, 15) is 4.79 Å². The number of carbonyl (C=O) groups is 1. The van der Waals surface area contributed by atoms with Crippen LogP contribution in [0.5, 0.6) is 0 Å². The normalized spacial score (nSPS) is 10.7. The van der Waals surface area contributed by atoms with Gasteiger partial charge in [-0.2, -0.15) is 0 Å². The first-order valence-corrected chi connectivity index (χ1v) is 8.25. The Kier molecular flexibility index (Phi) is 7.33. The molecule has 23 heavy (non-hydrogen) atoms. The van der Waals surface area contributed by atoms with Gasteiger partial charge in [0.1, 0.15) is 0 Å². The van der Waals surface area contributed by atoms with Crippen LogP contribution >= 0.6 is 15.9 Å². The van der Waals surface area contributed by atoms with E-state index in [0.717, 1.165) is 22.9 Å². The third-order valence-corrected chi connectivity index (χ3v) is 3.68. The van der Waals surface area contributed by atoms with Crippen molar-refractivity contribution in [1.82, 2.24) is 5.32 Å². The van der Waals surface area contributed by atoms with Crippen LogP contribution in [0.1, 0.15) is 17.5 Å². The third kappa shape index (κ3) is 7.10. The average molecular weight is 375 g/mol.